The Morgan fingerprint density at radius 1 is 1.05 bits per heavy atom. The Labute approximate surface area is 245 Å². The van der Waals surface area contributed by atoms with Gasteiger partial charge in [0, 0.05) is 18.8 Å². The number of aromatic nitrogens is 3. The summed E-state index contributed by atoms with van der Waals surface area (Å²) in [5, 5.41) is 14.8. The highest BCUT2D eigenvalue weighted by atomic mass is 35.5. The number of amides is 1. The van der Waals surface area contributed by atoms with E-state index in [0.717, 1.165) is 12.4 Å². The predicted molar refractivity (Wildman–Crippen MR) is 137 cm³/mol. The Bertz CT molecular complexity index is 1360. The molecule has 0 saturated heterocycles. The van der Waals surface area contributed by atoms with Gasteiger partial charge in [-0.25, -0.2) is 0 Å². The first kappa shape index (κ1) is 32.1. The number of Topliss-reactive ketones (excluding diaryl/α,β-unsaturated/α-hetero) is 1. The molecule has 0 radical (unpaired) electrons. The first-order chi connectivity index (χ1) is 19.4. The van der Waals surface area contributed by atoms with Gasteiger partial charge >= 0.3 is 18.3 Å². The minimum absolute atomic E-state index is 0.0242. The van der Waals surface area contributed by atoms with Gasteiger partial charge in [-0.3, -0.25) is 24.0 Å². The van der Waals surface area contributed by atoms with Crippen molar-refractivity contribution in [1.29, 1.82) is 0 Å². The van der Waals surface area contributed by atoms with Gasteiger partial charge in [-0.05, 0) is 45.4 Å². The summed E-state index contributed by atoms with van der Waals surface area (Å²) in [7, 11) is 0. The summed E-state index contributed by atoms with van der Waals surface area (Å²) in [6, 6.07) is -2.83. The maximum atomic E-state index is 14.3. The van der Waals surface area contributed by atoms with E-state index < -0.39 is 83.4 Å². The van der Waals surface area contributed by atoms with Crippen LogP contribution in [-0.4, -0.2) is 49.7 Å². The molecule has 4 rings (SSSR count). The molecule has 16 heteroatoms. The number of carbonyl (C=O) groups excluding carboxylic acids is 2. The Morgan fingerprint density at radius 2 is 1.62 bits per heavy atom. The average Bonchev–Trinajstić information content (AvgIpc) is 3.29. The standard InChI is InChI=1S/C26H26Cl2F6N4O4/c1-23(22(41)42)7-3-13(4-8-23)38-20(25(29,30)31)14(10-36-38)21(40)37-18(24(5-2-6-24)26(32,33)34)9-17(39)19-15(27)11-35-12-16(19)28/h10-13,18H,2-9H2,1H3,(H,37,40)(H,41,42). The Morgan fingerprint density at radius 3 is 2.07 bits per heavy atom. The largest absolute Gasteiger partial charge is 0.481 e. The average molecular weight is 643 g/mol. The highest BCUT2D eigenvalue weighted by molar-refractivity contribution is 6.39. The second-order valence-corrected chi connectivity index (χ2v) is 11.9. The lowest BCUT2D eigenvalue weighted by Gasteiger charge is -2.48. The molecule has 0 aromatic carbocycles. The minimum atomic E-state index is -5.13. The SMILES string of the molecule is CC1(C(=O)O)CCC(n2ncc(C(=O)NC(CC(=O)c3c(Cl)cncc3Cl)C3(C(F)(F)F)CCC3)c2C(F)(F)F)CC1. The molecular formula is C26H26Cl2F6N4O4. The molecule has 2 saturated carbocycles. The van der Waals surface area contributed by atoms with Crippen molar-refractivity contribution in [3.8, 4) is 0 Å². The zero-order chi connectivity index (χ0) is 31.3. The first-order valence-corrected chi connectivity index (χ1v) is 13.7. The molecule has 2 N–H and O–H groups in total. The van der Waals surface area contributed by atoms with Crippen LogP contribution in [-0.2, 0) is 11.0 Å². The maximum Gasteiger partial charge on any atom is 0.433 e. The lowest BCUT2D eigenvalue weighted by atomic mass is 9.62. The number of rotatable bonds is 8. The van der Waals surface area contributed by atoms with Crippen LogP contribution in [0.2, 0.25) is 10.0 Å². The summed E-state index contributed by atoms with van der Waals surface area (Å²) in [4.78, 5) is 41.6. The molecule has 1 amide bonds. The number of alkyl halides is 6. The second-order valence-electron chi connectivity index (χ2n) is 11.1. The molecule has 1 unspecified atom stereocenters. The van der Waals surface area contributed by atoms with E-state index >= 15 is 0 Å². The van der Waals surface area contributed by atoms with Crippen molar-refractivity contribution in [2.75, 3.05) is 0 Å². The topological polar surface area (TPSA) is 114 Å². The van der Waals surface area contributed by atoms with E-state index in [9.17, 15) is 45.8 Å². The third-order valence-electron chi connectivity index (χ3n) is 8.53. The van der Waals surface area contributed by atoms with Crippen LogP contribution in [0.25, 0.3) is 0 Å². The number of hydrogen-bond donors (Lipinski definition) is 2. The van der Waals surface area contributed by atoms with Crippen molar-refractivity contribution in [3.63, 3.8) is 0 Å². The summed E-state index contributed by atoms with van der Waals surface area (Å²) in [5.41, 5.74) is -6.49. The third kappa shape index (κ3) is 5.84. The van der Waals surface area contributed by atoms with Crippen molar-refractivity contribution in [3.05, 3.63) is 45.5 Å². The van der Waals surface area contributed by atoms with Crippen molar-refractivity contribution in [2.24, 2.45) is 10.8 Å². The number of carbonyl (C=O) groups is 3. The monoisotopic (exact) mass is 642 g/mol. The molecule has 2 aromatic heterocycles. The van der Waals surface area contributed by atoms with Crippen LogP contribution >= 0.6 is 23.2 Å². The fraction of sp³-hybridized carbons (Fsp3) is 0.577. The van der Waals surface area contributed by atoms with Crippen molar-refractivity contribution >= 4 is 40.9 Å². The van der Waals surface area contributed by atoms with Crippen LogP contribution in [0.3, 0.4) is 0 Å². The lowest BCUT2D eigenvalue weighted by Crippen LogP contribution is -2.59. The second kappa shape index (κ2) is 11.3. The molecule has 2 heterocycles. The molecule has 8 nitrogen and oxygen atoms in total. The first-order valence-electron chi connectivity index (χ1n) is 13.0. The predicted octanol–water partition coefficient (Wildman–Crippen LogP) is 6.91. The van der Waals surface area contributed by atoms with E-state index in [4.69, 9.17) is 23.2 Å². The van der Waals surface area contributed by atoms with E-state index in [1.165, 1.54) is 6.92 Å². The van der Waals surface area contributed by atoms with Crippen LogP contribution < -0.4 is 5.32 Å². The van der Waals surface area contributed by atoms with E-state index in [1.807, 2.05) is 0 Å². The Kier molecular flexibility index (Phi) is 8.64. The van der Waals surface area contributed by atoms with Crippen LogP contribution in [0.15, 0.2) is 18.6 Å². The number of carboxylic acids is 1. The summed E-state index contributed by atoms with van der Waals surface area (Å²) in [6.45, 7) is 1.49. The van der Waals surface area contributed by atoms with Crippen LogP contribution in [0.5, 0.6) is 0 Å². The fourth-order valence-electron chi connectivity index (χ4n) is 5.76. The lowest BCUT2D eigenvalue weighted by molar-refractivity contribution is -0.260. The maximum absolute atomic E-state index is 14.3. The number of halogens is 8. The van der Waals surface area contributed by atoms with E-state index in [1.54, 1.807) is 0 Å². The van der Waals surface area contributed by atoms with Gasteiger partial charge in [0.05, 0.1) is 50.3 Å². The molecular weight excluding hydrogens is 617 g/mol. The van der Waals surface area contributed by atoms with Gasteiger partial charge < -0.3 is 10.4 Å². The molecule has 2 aromatic rings. The highest BCUT2D eigenvalue weighted by Crippen LogP contribution is 2.56. The molecule has 2 fully saturated rings. The Balaban J connectivity index is 1.68. The zero-order valence-corrected chi connectivity index (χ0v) is 23.6. The molecule has 42 heavy (non-hydrogen) atoms. The van der Waals surface area contributed by atoms with Crippen molar-refractivity contribution < 1.29 is 45.8 Å². The quantitative estimate of drug-likeness (QED) is 0.239. The van der Waals surface area contributed by atoms with Gasteiger partial charge in [-0.1, -0.05) is 29.6 Å². The number of carboxylic acid groups (broad SMARTS) is 1. The molecule has 0 spiro atoms. The number of nitrogens with zero attached hydrogens (tertiary/aromatic N) is 3. The normalized spacial score (nSPS) is 23.1. The van der Waals surface area contributed by atoms with Gasteiger partial charge in [0.1, 0.15) is 0 Å². The van der Waals surface area contributed by atoms with Crippen LogP contribution in [0.1, 0.15) is 90.7 Å². The van der Waals surface area contributed by atoms with Crippen LogP contribution in [0.4, 0.5) is 26.3 Å². The highest BCUT2D eigenvalue weighted by Gasteiger charge is 2.63. The minimum Gasteiger partial charge on any atom is -0.481 e. The van der Waals surface area contributed by atoms with Crippen molar-refractivity contribution in [1.82, 2.24) is 20.1 Å². The van der Waals surface area contributed by atoms with Crippen LogP contribution in [0, 0.1) is 10.8 Å². The fourth-order valence-corrected chi connectivity index (χ4v) is 6.33. The smallest absolute Gasteiger partial charge is 0.433 e. The number of pyridine rings is 1. The van der Waals surface area contributed by atoms with Gasteiger partial charge in [-0.2, -0.15) is 31.4 Å². The molecule has 0 bridgehead atoms. The number of nitrogens with one attached hydrogen (secondary N) is 1. The summed E-state index contributed by atoms with van der Waals surface area (Å²) in [5.74, 6) is -3.52. The van der Waals surface area contributed by atoms with Gasteiger partial charge in [0.25, 0.3) is 5.91 Å². The van der Waals surface area contributed by atoms with Gasteiger partial charge in [-0.15, -0.1) is 0 Å². The van der Waals surface area contributed by atoms with Gasteiger partial charge in [0.15, 0.2) is 11.5 Å². The van der Waals surface area contributed by atoms with Crippen molar-refractivity contribution in [2.45, 2.75) is 82.7 Å². The molecule has 2 aliphatic carbocycles. The molecule has 230 valence electrons. The number of aliphatic carboxylic acids is 1. The summed E-state index contributed by atoms with van der Waals surface area (Å²) in [6.07, 6.45) is -8.84. The van der Waals surface area contributed by atoms with E-state index in [0.29, 0.717) is 10.9 Å². The zero-order valence-electron chi connectivity index (χ0n) is 22.1. The third-order valence-corrected chi connectivity index (χ3v) is 9.11. The molecule has 1 atom stereocenters. The van der Waals surface area contributed by atoms with E-state index in [2.05, 4.69) is 15.4 Å². The van der Waals surface area contributed by atoms with Gasteiger partial charge in [0.2, 0.25) is 0 Å². The molecule has 0 aliphatic heterocycles. The number of hydrogen-bond acceptors (Lipinski definition) is 5. The number of ketones is 1. The Hall–Kier alpha value is -2.87. The van der Waals surface area contributed by atoms with E-state index in [-0.39, 0.29) is 47.7 Å². The summed E-state index contributed by atoms with van der Waals surface area (Å²) >= 11 is 12.0. The summed E-state index contributed by atoms with van der Waals surface area (Å²) < 4.78 is 86.5. The molecule has 2 aliphatic rings.